The second kappa shape index (κ2) is 74.7. The van der Waals surface area contributed by atoms with E-state index in [1.54, 1.807) is 0 Å². The summed E-state index contributed by atoms with van der Waals surface area (Å²) in [5.74, 6) is 0. The minimum absolute atomic E-state index is 0. The number of rotatable bonds is 0. The predicted octanol–water partition coefficient (Wildman–Crippen LogP) is 2.33. The first-order valence-corrected chi connectivity index (χ1v) is 0. The summed E-state index contributed by atoms with van der Waals surface area (Å²) in [6.45, 7) is 0. The predicted molar refractivity (Wildman–Crippen MR) is 23.4 cm³/mol. The Morgan fingerprint density at radius 1 is 0.667 bits per heavy atom. The maximum atomic E-state index is 0. The molecular formula is C2H10N2PtY-4. The van der Waals surface area contributed by atoms with Crippen molar-refractivity contribution in [3.05, 3.63) is 27.2 Å². The molecule has 0 aliphatic carbocycles. The number of hydrogen-bond acceptors (Lipinski definition) is 0. The van der Waals surface area contributed by atoms with Gasteiger partial charge in [-0.2, -0.15) is 0 Å². The molecule has 0 aromatic rings. The van der Waals surface area contributed by atoms with Crippen LogP contribution in [0.5, 0.6) is 0 Å². The first-order valence-electron chi connectivity index (χ1n) is 0. The smallest absolute Gasteiger partial charge is 0 e. The van der Waals surface area contributed by atoms with Crippen LogP contribution in [0.15, 0.2) is 0 Å². The summed E-state index contributed by atoms with van der Waals surface area (Å²) in [5, 5.41) is 0. The van der Waals surface area contributed by atoms with Gasteiger partial charge in [0.1, 0.15) is 0 Å². The maximum Gasteiger partial charge on any atom is 0 e. The average Bonchev–Trinajstić information content (AvgIpc) is 0. The van der Waals surface area contributed by atoms with E-state index < -0.39 is 0 Å². The summed E-state index contributed by atoms with van der Waals surface area (Å²) in [6.07, 6.45) is 0. The molecule has 0 bridgehead atoms. The van der Waals surface area contributed by atoms with E-state index in [4.69, 9.17) is 0 Å². The van der Waals surface area contributed by atoms with E-state index in [0.29, 0.717) is 0 Å². The van der Waals surface area contributed by atoms with Crippen LogP contribution in [0, 0.1) is 14.9 Å². The fraction of sp³-hybridized carbons (Fsp3) is 0. The molecule has 0 amide bonds. The molecule has 0 fully saturated rings. The average molecular weight is 346 g/mol. The van der Waals surface area contributed by atoms with Crippen molar-refractivity contribution in [1.29, 1.82) is 0 Å². The molecule has 0 heterocycles. The Hall–Kier alpha value is 1.71. The zero-order valence-electron chi connectivity index (χ0n) is 4.05. The second-order valence-corrected chi connectivity index (χ2v) is 0. The molecule has 0 saturated heterocycles. The van der Waals surface area contributed by atoms with Gasteiger partial charge in [-0.3, -0.25) is 0 Å². The van der Waals surface area contributed by atoms with Gasteiger partial charge >= 0.3 is 0 Å². The minimum atomic E-state index is 0. The van der Waals surface area contributed by atoms with Crippen LogP contribution in [0.1, 0.15) is 0 Å². The third-order valence-electron chi connectivity index (χ3n) is 0. The zero-order valence-corrected chi connectivity index (χ0v) is 9.16. The van der Waals surface area contributed by atoms with Crippen molar-refractivity contribution in [2.45, 2.75) is 0 Å². The molecule has 0 spiro atoms. The van der Waals surface area contributed by atoms with Gasteiger partial charge in [-0.1, -0.05) is 0 Å². The largest absolute Gasteiger partial charge is 0.693 e. The van der Waals surface area contributed by atoms with Crippen LogP contribution in [0.2, 0.25) is 0 Å². The van der Waals surface area contributed by atoms with Gasteiger partial charge in [-0.05, 0) is 0 Å². The summed E-state index contributed by atoms with van der Waals surface area (Å²) in [7, 11) is 0. The van der Waals surface area contributed by atoms with Gasteiger partial charge in [0.05, 0.1) is 0 Å². The Kier molecular flexibility index (Phi) is 1480. The fourth-order valence-electron chi connectivity index (χ4n) is 0. The Balaban J connectivity index is 0. The molecule has 4 N–H and O–H groups in total. The molecule has 0 rings (SSSR count). The minimum Gasteiger partial charge on any atom is -0.693 e. The van der Waals surface area contributed by atoms with E-state index in [9.17, 15) is 0 Å². The Morgan fingerprint density at radius 3 is 0.667 bits per heavy atom. The Bertz CT molecular complexity index is 11.5. The van der Waals surface area contributed by atoms with Gasteiger partial charge in [0.2, 0.25) is 0 Å². The summed E-state index contributed by atoms with van der Waals surface area (Å²) >= 11 is 0. The molecule has 0 atom stereocenters. The van der Waals surface area contributed by atoms with Crippen molar-refractivity contribution < 1.29 is 53.8 Å². The Labute approximate surface area is 80.2 Å². The summed E-state index contributed by atoms with van der Waals surface area (Å²) < 4.78 is 0. The van der Waals surface area contributed by atoms with Crippen molar-refractivity contribution in [3.63, 3.8) is 0 Å². The van der Waals surface area contributed by atoms with E-state index in [1.807, 2.05) is 0 Å². The molecule has 6 heavy (non-hydrogen) atoms. The quantitative estimate of drug-likeness (QED) is 0.605. The van der Waals surface area contributed by atoms with Gasteiger partial charge in [-0.25, -0.2) is 0 Å². The van der Waals surface area contributed by atoms with Crippen molar-refractivity contribution in [3.8, 4) is 0 Å². The number of nitrogens with two attached hydrogens (primary N) is 2. The van der Waals surface area contributed by atoms with Crippen LogP contribution in [-0.4, -0.2) is 0 Å². The molecule has 0 unspecified atom stereocenters. The van der Waals surface area contributed by atoms with Crippen molar-refractivity contribution in [2.24, 2.45) is 0 Å². The van der Waals surface area contributed by atoms with Crippen LogP contribution < -0.4 is 0 Å². The SMILES string of the molecule is [CH3-].[CH3-].[NH2-].[NH2-].[Pt].[Y]. The first-order chi connectivity index (χ1) is 0. The summed E-state index contributed by atoms with van der Waals surface area (Å²) in [5.41, 5.74) is 0. The molecular weight excluding hydrogens is 336 g/mol. The molecule has 0 aliphatic heterocycles. The van der Waals surface area contributed by atoms with Gasteiger partial charge in [-0.15, -0.1) is 0 Å². The molecule has 1 radical (unpaired) electrons. The van der Waals surface area contributed by atoms with E-state index >= 15 is 0 Å². The van der Waals surface area contributed by atoms with Gasteiger partial charge in [0.25, 0.3) is 0 Å². The molecule has 0 aliphatic rings. The van der Waals surface area contributed by atoms with Gasteiger partial charge in [0, 0.05) is 53.8 Å². The summed E-state index contributed by atoms with van der Waals surface area (Å²) in [4.78, 5) is 0. The molecule has 45 valence electrons. The third kappa shape index (κ3) is 43.3. The van der Waals surface area contributed by atoms with E-state index in [0.717, 1.165) is 0 Å². The molecule has 0 aromatic heterocycles. The third-order valence-corrected chi connectivity index (χ3v) is 0. The normalized spacial score (nSPS) is 0. The Morgan fingerprint density at radius 2 is 0.667 bits per heavy atom. The van der Waals surface area contributed by atoms with Crippen LogP contribution >= 0.6 is 0 Å². The van der Waals surface area contributed by atoms with Crippen molar-refractivity contribution in [2.75, 3.05) is 0 Å². The van der Waals surface area contributed by atoms with Crippen LogP contribution in [-0.2, 0) is 53.8 Å². The maximum absolute atomic E-state index is 0. The van der Waals surface area contributed by atoms with E-state index in [2.05, 4.69) is 0 Å². The molecule has 4 heteroatoms. The monoisotopic (exact) mass is 346 g/mol. The van der Waals surface area contributed by atoms with Crippen LogP contribution in [0.3, 0.4) is 0 Å². The first kappa shape index (κ1) is 119. The molecule has 0 saturated carbocycles. The zero-order chi connectivity index (χ0) is 0. The van der Waals surface area contributed by atoms with Gasteiger partial charge in [0.15, 0.2) is 0 Å². The van der Waals surface area contributed by atoms with Gasteiger partial charge < -0.3 is 27.2 Å². The standard InChI is InChI=1S/2CH3.2H2N.Pt.Y/h2*1H3;2*1H2;;/q4*-1;;. The van der Waals surface area contributed by atoms with E-state index in [1.165, 1.54) is 0 Å². The van der Waals surface area contributed by atoms with Crippen molar-refractivity contribution in [1.82, 2.24) is 0 Å². The van der Waals surface area contributed by atoms with Crippen molar-refractivity contribution >= 4 is 0 Å². The topological polar surface area (TPSA) is 67.0 Å². The van der Waals surface area contributed by atoms with Crippen LogP contribution in [0.4, 0.5) is 0 Å². The second-order valence-electron chi connectivity index (χ2n) is 0. The van der Waals surface area contributed by atoms with Crippen LogP contribution in [0.25, 0.3) is 12.3 Å². The molecule has 0 aromatic carbocycles. The molecule has 2 nitrogen and oxygen atoms in total. The fourth-order valence-corrected chi connectivity index (χ4v) is 0. The van der Waals surface area contributed by atoms with E-state index in [-0.39, 0.29) is 80.9 Å². The number of hydrogen-bond donors (Lipinski definition) is 0. The summed E-state index contributed by atoms with van der Waals surface area (Å²) in [6, 6.07) is 0.